The Morgan fingerprint density at radius 3 is 2.69 bits per heavy atom. The predicted octanol–water partition coefficient (Wildman–Crippen LogP) is 4.26. The van der Waals surface area contributed by atoms with Crippen molar-refractivity contribution in [1.82, 2.24) is 15.2 Å². The summed E-state index contributed by atoms with van der Waals surface area (Å²) in [4.78, 5) is 17.9. The fraction of sp³-hybridized carbons (Fsp3) is 0.571. The lowest BCUT2D eigenvalue weighted by atomic mass is 9.91. The van der Waals surface area contributed by atoms with E-state index in [1.54, 1.807) is 0 Å². The summed E-state index contributed by atoms with van der Waals surface area (Å²) in [6.07, 6.45) is 2.90. The molecule has 1 aromatic carbocycles. The zero-order valence-corrected chi connectivity index (χ0v) is 16.5. The number of aromatic amines is 1. The minimum Gasteiger partial charge on any atom is -0.444 e. The van der Waals surface area contributed by atoms with Gasteiger partial charge in [0.25, 0.3) is 0 Å². The van der Waals surface area contributed by atoms with Gasteiger partial charge in [-0.15, -0.1) is 0 Å². The van der Waals surface area contributed by atoms with Gasteiger partial charge in [0.05, 0.1) is 6.04 Å². The van der Waals surface area contributed by atoms with Gasteiger partial charge < -0.3 is 19.9 Å². The lowest BCUT2D eigenvalue weighted by Gasteiger charge is -2.31. The van der Waals surface area contributed by atoms with Gasteiger partial charge in [0.15, 0.2) is 0 Å². The van der Waals surface area contributed by atoms with Crippen molar-refractivity contribution in [3.63, 3.8) is 0 Å². The molecule has 4 rings (SSSR count). The molecular weight excluding hydrogens is 326 g/mol. The van der Waals surface area contributed by atoms with Gasteiger partial charge in [0, 0.05) is 42.1 Å². The Hall–Kier alpha value is -2.01. The van der Waals surface area contributed by atoms with Crippen molar-refractivity contribution in [3.05, 3.63) is 36.0 Å². The number of ether oxygens (including phenoxy) is 1. The number of fused-ring (bicyclic) bond motifs is 2. The van der Waals surface area contributed by atoms with Crippen LogP contribution in [0.2, 0.25) is 0 Å². The highest BCUT2D eigenvalue weighted by molar-refractivity contribution is 5.84. The molecule has 0 radical (unpaired) electrons. The molecule has 3 heterocycles. The molecule has 2 fully saturated rings. The number of hydrogen-bond donors (Lipinski definition) is 2. The van der Waals surface area contributed by atoms with Crippen LogP contribution in [-0.4, -0.2) is 46.8 Å². The number of rotatable bonds is 1. The number of H-pyrrole nitrogens is 1. The Morgan fingerprint density at radius 2 is 1.96 bits per heavy atom. The van der Waals surface area contributed by atoms with E-state index in [1.165, 1.54) is 10.9 Å². The van der Waals surface area contributed by atoms with Gasteiger partial charge in [0.2, 0.25) is 0 Å². The number of amides is 1. The second-order valence-corrected chi connectivity index (χ2v) is 7.86. The average molecular weight is 357 g/mol. The third kappa shape index (κ3) is 3.45. The largest absolute Gasteiger partial charge is 0.444 e. The standard InChI is InChI=1S/C19H25N3O2.C2H6/c1-19(2,3)24-18(23)22-9-8-16-17(22)14(11-21-16)13-10-20-15-7-5-4-6-12(13)15;1-2/h4-7,10,14,16-17,20-21H,8-9,11H2,1-3H3;1-2H3/t14-,16?,17?;/m1./s1. The van der Waals surface area contributed by atoms with Crippen molar-refractivity contribution in [2.75, 3.05) is 13.1 Å². The van der Waals surface area contributed by atoms with E-state index in [2.05, 4.69) is 34.7 Å². The summed E-state index contributed by atoms with van der Waals surface area (Å²) in [7, 11) is 0. The number of nitrogens with one attached hydrogen (secondary N) is 2. The number of nitrogens with zero attached hydrogens (tertiary/aromatic N) is 1. The first-order valence-electron chi connectivity index (χ1n) is 9.73. The van der Waals surface area contributed by atoms with E-state index in [0.29, 0.717) is 12.0 Å². The van der Waals surface area contributed by atoms with Gasteiger partial charge in [-0.3, -0.25) is 0 Å². The second kappa shape index (κ2) is 7.31. The molecule has 2 aromatic rings. The zero-order chi connectivity index (χ0) is 18.9. The number of benzene rings is 1. The van der Waals surface area contributed by atoms with Crippen LogP contribution in [0.4, 0.5) is 4.79 Å². The predicted molar refractivity (Wildman–Crippen MR) is 106 cm³/mol. The van der Waals surface area contributed by atoms with Crippen LogP contribution in [0.5, 0.6) is 0 Å². The van der Waals surface area contributed by atoms with Crippen molar-refractivity contribution < 1.29 is 9.53 Å². The molecule has 2 aliphatic heterocycles. The molecule has 2 N–H and O–H groups in total. The molecule has 142 valence electrons. The Balaban J connectivity index is 0.000000948. The first-order valence-corrected chi connectivity index (χ1v) is 9.73. The lowest BCUT2D eigenvalue weighted by molar-refractivity contribution is 0.0215. The molecule has 1 amide bonds. The Morgan fingerprint density at radius 1 is 1.23 bits per heavy atom. The molecule has 2 aliphatic rings. The topological polar surface area (TPSA) is 57.4 Å². The zero-order valence-electron chi connectivity index (χ0n) is 16.5. The third-order valence-electron chi connectivity index (χ3n) is 5.11. The van der Waals surface area contributed by atoms with Gasteiger partial charge in [-0.05, 0) is 38.8 Å². The number of carbonyl (C=O) groups is 1. The third-order valence-corrected chi connectivity index (χ3v) is 5.11. The molecule has 3 atom stereocenters. The summed E-state index contributed by atoms with van der Waals surface area (Å²) in [5.41, 5.74) is 1.98. The molecule has 2 saturated heterocycles. The molecule has 0 saturated carbocycles. The van der Waals surface area contributed by atoms with Crippen LogP contribution in [0.3, 0.4) is 0 Å². The Kier molecular flexibility index (Phi) is 5.28. The maximum Gasteiger partial charge on any atom is 0.410 e. The maximum absolute atomic E-state index is 12.7. The smallest absolute Gasteiger partial charge is 0.410 e. The lowest BCUT2D eigenvalue weighted by Crippen LogP contribution is -2.44. The quantitative estimate of drug-likeness (QED) is 0.802. The van der Waals surface area contributed by atoms with Gasteiger partial charge in [0.1, 0.15) is 5.60 Å². The number of para-hydroxylation sites is 1. The summed E-state index contributed by atoms with van der Waals surface area (Å²) < 4.78 is 5.63. The molecule has 0 spiro atoms. The van der Waals surface area contributed by atoms with Crippen LogP contribution in [0, 0.1) is 0 Å². The summed E-state index contributed by atoms with van der Waals surface area (Å²) >= 11 is 0. The van der Waals surface area contributed by atoms with Crippen LogP contribution in [0.1, 0.15) is 52.5 Å². The van der Waals surface area contributed by atoms with Crippen molar-refractivity contribution >= 4 is 17.0 Å². The van der Waals surface area contributed by atoms with Crippen LogP contribution >= 0.6 is 0 Å². The Bertz CT molecular complexity index is 762. The maximum atomic E-state index is 12.7. The van der Waals surface area contributed by atoms with Crippen LogP contribution < -0.4 is 5.32 Å². The molecule has 0 bridgehead atoms. The van der Waals surface area contributed by atoms with Gasteiger partial charge in [-0.2, -0.15) is 0 Å². The van der Waals surface area contributed by atoms with Crippen molar-refractivity contribution in [1.29, 1.82) is 0 Å². The van der Waals surface area contributed by atoms with Crippen LogP contribution in [0.25, 0.3) is 10.9 Å². The number of likely N-dealkylation sites (tertiary alicyclic amines) is 1. The van der Waals surface area contributed by atoms with Crippen molar-refractivity contribution in [2.45, 2.75) is 64.6 Å². The summed E-state index contributed by atoms with van der Waals surface area (Å²) in [6, 6.07) is 8.89. The normalized spacial score (nSPS) is 25.0. The highest BCUT2D eigenvalue weighted by atomic mass is 16.6. The van der Waals surface area contributed by atoms with Gasteiger partial charge in [-0.1, -0.05) is 32.0 Å². The highest BCUT2D eigenvalue weighted by Crippen LogP contribution is 2.39. The average Bonchev–Trinajstić information content (AvgIpc) is 3.29. The van der Waals surface area contributed by atoms with E-state index in [4.69, 9.17) is 4.74 Å². The first kappa shape index (κ1) is 18.8. The summed E-state index contributed by atoms with van der Waals surface area (Å²) in [6.45, 7) is 11.4. The molecule has 5 heteroatoms. The van der Waals surface area contributed by atoms with E-state index in [9.17, 15) is 4.79 Å². The monoisotopic (exact) mass is 357 g/mol. The molecule has 1 aromatic heterocycles. The summed E-state index contributed by atoms with van der Waals surface area (Å²) in [5, 5.41) is 4.86. The van der Waals surface area contributed by atoms with Crippen molar-refractivity contribution in [3.8, 4) is 0 Å². The van der Waals surface area contributed by atoms with Gasteiger partial charge in [-0.25, -0.2) is 4.79 Å². The van der Waals surface area contributed by atoms with Gasteiger partial charge >= 0.3 is 6.09 Å². The minimum atomic E-state index is -0.461. The number of hydrogen-bond acceptors (Lipinski definition) is 3. The summed E-state index contributed by atoms with van der Waals surface area (Å²) in [5.74, 6) is 0.293. The fourth-order valence-electron chi connectivity index (χ4n) is 4.16. The van der Waals surface area contributed by atoms with E-state index in [0.717, 1.165) is 25.0 Å². The van der Waals surface area contributed by atoms with E-state index in [-0.39, 0.29) is 12.1 Å². The van der Waals surface area contributed by atoms with Crippen molar-refractivity contribution in [2.24, 2.45) is 0 Å². The van der Waals surface area contributed by atoms with E-state index < -0.39 is 5.60 Å². The van der Waals surface area contributed by atoms with E-state index >= 15 is 0 Å². The number of aromatic nitrogens is 1. The number of carbonyl (C=O) groups excluding carboxylic acids is 1. The molecular formula is C21H31N3O2. The molecule has 2 unspecified atom stereocenters. The molecule has 5 nitrogen and oxygen atoms in total. The molecule has 26 heavy (non-hydrogen) atoms. The fourth-order valence-corrected chi connectivity index (χ4v) is 4.16. The Labute approximate surface area is 156 Å². The van der Waals surface area contributed by atoms with E-state index in [1.807, 2.05) is 45.6 Å². The second-order valence-electron chi connectivity index (χ2n) is 7.86. The highest BCUT2D eigenvalue weighted by Gasteiger charge is 2.48. The van der Waals surface area contributed by atoms with Crippen LogP contribution in [-0.2, 0) is 4.74 Å². The SMILES string of the molecule is CC.CC(C)(C)OC(=O)N1CCC2NC[C@H](c3c[nH]c4ccccc34)C21. The minimum absolute atomic E-state index is 0.166. The molecule has 0 aliphatic carbocycles. The first-order chi connectivity index (χ1) is 12.4. The van der Waals surface area contributed by atoms with Crippen LogP contribution in [0.15, 0.2) is 30.5 Å².